The van der Waals surface area contributed by atoms with Crippen LogP contribution in [0.2, 0.25) is 0 Å². The summed E-state index contributed by atoms with van der Waals surface area (Å²) >= 11 is 0. The number of hydrogen-bond acceptors (Lipinski definition) is 4. The Bertz CT molecular complexity index is 822. The van der Waals surface area contributed by atoms with Crippen LogP contribution in [0.25, 0.3) is 0 Å². The zero-order chi connectivity index (χ0) is 26.2. The van der Waals surface area contributed by atoms with E-state index in [1.807, 2.05) is 36.4 Å². The first kappa shape index (κ1) is 29.8. The van der Waals surface area contributed by atoms with Crippen LogP contribution < -0.4 is 5.32 Å². The maximum absolute atomic E-state index is 12.4. The molecule has 200 valence electrons. The molecule has 0 radical (unpaired) electrons. The van der Waals surface area contributed by atoms with Crippen molar-refractivity contribution in [2.24, 2.45) is 11.8 Å². The predicted molar refractivity (Wildman–Crippen MR) is 143 cm³/mol. The quantitative estimate of drug-likeness (QED) is 0.175. The van der Waals surface area contributed by atoms with Crippen LogP contribution in [-0.4, -0.2) is 40.5 Å². The highest BCUT2D eigenvalue weighted by molar-refractivity contribution is 5.83. The van der Waals surface area contributed by atoms with E-state index < -0.39 is 12.1 Å². The van der Waals surface area contributed by atoms with E-state index in [2.05, 4.69) is 18.3 Å². The lowest BCUT2D eigenvalue weighted by Crippen LogP contribution is -2.29. The second kappa shape index (κ2) is 17.1. The molecule has 3 N–H and O–H groups in total. The van der Waals surface area contributed by atoms with Crippen molar-refractivity contribution in [2.75, 3.05) is 6.54 Å². The Morgan fingerprint density at radius 3 is 2.56 bits per heavy atom. The van der Waals surface area contributed by atoms with Gasteiger partial charge in [0.1, 0.15) is 5.78 Å². The lowest BCUT2D eigenvalue weighted by molar-refractivity contribution is -0.137. The van der Waals surface area contributed by atoms with Gasteiger partial charge < -0.3 is 15.5 Å². The molecule has 1 aromatic rings. The average molecular weight is 500 g/mol. The zero-order valence-corrected chi connectivity index (χ0v) is 21.9. The number of unbranched alkanes of at least 4 members (excludes halogenated alkanes) is 5. The van der Waals surface area contributed by atoms with Crippen LogP contribution in [0.5, 0.6) is 0 Å². The molecule has 36 heavy (non-hydrogen) atoms. The molecule has 6 nitrogen and oxygen atoms in total. The molecule has 0 saturated heterocycles. The number of aliphatic carboxylic acids is 1. The number of carbonyl (C=O) groups is 3. The van der Waals surface area contributed by atoms with E-state index in [0.717, 1.165) is 69.8 Å². The molecule has 0 aliphatic heterocycles. The third-order valence-corrected chi connectivity index (χ3v) is 7.24. The van der Waals surface area contributed by atoms with Gasteiger partial charge in [-0.3, -0.25) is 14.4 Å². The highest BCUT2D eigenvalue weighted by Gasteiger charge is 2.32. The minimum Gasteiger partial charge on any atom is -0.481 e. The third-order valence-electron chi connectivity index (χ3n) is 7.24. The molecular weight excluding hydrogens is 454 g/mol. The van der Waals surface area contributed by atoms with Crippen molar-refractivity contribution >= 4 is 17.7 Å². The van der Waals surface area contributed by atoms with Crippen molar-refractivity contribution in [3.05, 3.63) is 48.0 Å². The number of Topliss-reactive ketones (excluding diaryl/α,β-unsaturated/α-hetero) is 1. The standard InChI is InChI=1S/C30H45NO5/c1-2-3-7-14-26(32)19-17-24-18-20-28(33)27(24)15-10-4-5-11-16-29(34)31-22-25(21-30(35)36)23-12-8-6-9-13-23/h6,8-9,12-13,17,19,24-27,32H,2-5,7,10-11,14-16,18,20-22H2,1H3,(H,31,34)(H,35,36)/b19-17+/t24-,25?,26-,27+/m0/s1. The average Bonchev–Trinajstić information content (AvgIpc) is 3.22. The van der Waals surface area contributed by atoms with Crippen LogP contribution in [0.3, 0.4) is 0 Å². The number of ketones is 1. The van der Waals surface area contributed by atoms with Crippen LogP contribution in [0.15, 0.2) is 42.5 Å². The van der Waals surface area contributed by atoms with Gasteiger partial charge in [-0.2, -0.15) is 0 Å². The van der Waals surface area contributed by atoms with Gasteiger partial charge in [-0.1, -0.05) is 87.9 Å². The Balaban J connectivity index is 1.63. The SMILES string of the molecule is CCCCC[C@H](O)/C=C/[C@H]1CCC(=O)[C@@H]1CCCCCCC(=O)NCC(CC(=O)O)c1ccccc1. The number of hydrogen-bond donors (Lipinski definition) is 3. The molecule has 1 fully saturated rings. The van der Waals surface area contributed by atoms with E-state index in [1.54, 1.807) is 0 Å². The number of carboxylic acids is 1. The third kappa shape index (κ3) is 11.5. The van der Waals surface area contributed by atoms with E-state index in [4.69, 9.17) is 0 Å². The molecule has 1 unspecified atom stereocenters. The minimum absolute atomic E-state index is 0.0157. The van der Waals surface area contributed by atoms with E-state index in [0.29, 0.717) is 25.2 Å². The van der Waals surface area contributed by atoms with Gasteiger partial charge in [0.15, 0.2) is 0 Å². The second-order valence-electron chi connectivity index (χ2n) is 10.2. The summed E-state index contributed by atoms with van der Waals surface area (Å²) in [4.78, 5) is 35.8. The van der Waals surface area contributed by atoms with Crippen molar-refractivity contribution in [3.63, 3.8) is 0 Å². The minimum atomic E-state index is -0.875. The van der Waals surface area contributed by atoms with Crippen LogP contribution in [-0.2, 0) is 14.4 Å². The van der Waals surface area contributed by atoms with Gasteiger partial charge in [0.05, 0.1) is 12.5 Å². The Kier molecular flexibility index (Phi) is 14.1. The van der Waals surface area contributed by atoms with Crippen molar-refractivity contribution in [1.29, 1.82) is 0 Å². The Morgan fingerprint density at radius 1 is 1.08 bits per heavy atom. The fourth-order valence-corrected chi connectivity index (χ4v) is 5.08. The number of allylic oxidation sites excluding steroid dienone is 1. The summed E-state index contributed by atoms with van der Waals surface area (Å²) in [6.45, 7) is 2.47. The molecule has 4 atom stereocenters. The fourth-order valence-electron chi connectivity index (χ4n) is 5.08. The number of amides is 1. The normalized spacial score (nSPS) is 19.4. The van der Waals surface area contributed by atoms with Crippen LogP contribution in [0.1, 0.15) is 102 Å². The van der Waals surface area contributed by atoms with Crippen molar-refractivity contribution in [2.45, 2.75) is 102 Å². The first-order chi connectivity index (χ1) is 17.4. The molecule has 1 aliphatic carbocycles. The maximum atomic E-state index is 12.4. The fraction of sp³-hybridized carbons (Fsp3) is 0.633. The number of carbonyl (C=O) groups excluding carboxylic acids is 2. The summed E-state index contributed by atoms with van der Waals surface area (Å²) in [5, 5.41) is 22.2. The number of rotatable bonds is 18. The molecule has 1 amide bonds. The Labute approximate surface area is 216 Å². The number of nitrogens with one attached hydrogen (secondary N) is 1. The number of aliphatic hydroxyl groups excluding tert-OH is 1. The molecular formula is C30H45NO5. The Hall–Kier alpha value is -2.47. The second-order valence-corrected chi connectivity index (χ2v) is 10.2. The number of carboxylic acid groups (broad SMARTS) is 1. The van der Waals surface area contributed by atoms with E-state index in [-0.39, 0.29) is 30.1 Å². The largest absolute Gasteiger partial charge is 0.481 e. The van der Waals surface area contributed by atoms with Crippen LogP contribution in [0, 0.1) is 11.8 Å². The topological polar surface area (TPSA) is 104 Å². The summed E-state index contributed by atoms with van der Waals surface area (Å²) in [5.74, 6) is -0.506. The molecule has 1 saturated carbocycles. The van der Waals surface area contributed by atoms with Gasteiger partial charge in [0.2, 0.25) is 5.91 Å². The number of aliphatic hydroxyl groups is 1. The molecule has 0 bridgehead atoms. The summed E-state index contributed by atoms with van der Waals surface area (Å²) in [6.07, 6.45) is 14.1. The van der Waals surface area contributed by atoms with Gasteiger partial charge in [-0.05, 0) is 37.2 Å². The van der Waals surface area contributed by atoms with Crippen LogP contribution >= 0.6 is 0 Å². The van der Waals surface area contributed by atoms with Crippen molar-refractivity contribution in [3.8, 4) is 0 Å². The lowest BCUT2D eigenvalue weighted by atomic mass is 9.89. The Morgan fingerprint density at radius 2 is 1.83 bits per heavy atom. The van der Waals surface area contributed by atoms with E-state index in [1.165, 1.54) is 0 Å². The molecule has 0 aromatic heterocycles. The van der Waals surface area contributed by atoms with E-state index in [9.17, 15) is 24.6 Å². The van der Waals surface area contributed by atoms with Gasteiger partial charge in [-0.15, -0.1) is 0 Å². The summed E-state index contributed by atoms with van der Waals surface area (Å²) in [7, 11) is 0. The highest BCUT2D eigenvalue weighted by atomic mass is 16.4. The molecule has 6 heteroatoms. The van der Waals surface area contributed by atoms with Crippen molar-refractivity contribution in [1.82, 2.24) is 5.32 Å². The lowest BCUT2D eigenvalue weighted by Gasteiger charge is -2.16. The van der Waals surface area contributed by atoms with Gasteiger partial charge in [-0.25, -0.2) is 0 Å². The molecule has 1 aromatic carbocycles. The molecule has 2 rings (SSSR count). The predicted octanol–water partition coefficient (Wildman–Crippen LogP) is 5.79. The maximum Gasteiger partial charge on any atom is 0.304 e. The molecule has 0 spiro atoms. The summed E-state index contributed by atoms with van der Waals surface area (Å²) < 4.78 is 0. The zero-order valence-electron chi connectivity index (χ0n) is 21.9. The van der Waals surface area contributed by atoms with Gasteiger partial charge in [0.25, 0.3) is 0 Å². The molecule has 0 heterocycles. The van der Waals surface area contributed by atoms with Gasteiger partial charge in [0, 0.05) is 31.2 Å². The van der Waals surface area contributed by atoms with Gasteiger partial charge >= 0.3 is 5.97 Å². The monoisotopic (exact) mass is 499 g/mol. The van der Waals surface area contributed by atoms with Crippen molar-refractivity contribution < 1.29 is 24.6 Å². The summed E-state index contributed by atoms with van der Waals surface area (Å²) in [6, 6.07) is 9.43. The summed E-state index contributed by atoms with van der Waals surface area (Å²) in [5.41, 5.74) is 0.917. The van der Waals surface area contributed by atoms with E-state index >= 15 is 0 Å². The molecule has 1 aliphatic rings. The first-order valence-corrected chi connectivity index (χ1v) is 13.8. The van der Waals surface area contributed by atoms with Crippen LogP contribution in [0.4, 0.5) is 0 Å². The smallest absolute Gasteiger partial charge is 0.304 e. The number of benzene rings is 1. The highest BCUT2D eigenvalue weighted by Crippen LogP contribution is 2.34. The first-order valence-electron chi connectivity index (χ1n) is 13.8.